The number of thiazole rings is 1. The van der Waals surface area contributed by atoms with Gasteiger partial charge in [-0.2, -0.15) is 0 Å². The average Bonchev–Trinajstić information content (AvgIpc) is 3.34. The Morgan fingerprint density at radius 1 is 0.932 bits per heavy atom. The number of carbonyl (C=O) groups is 1. The molecule has 0 bridgehead atoms. The number of aryl methyl sites for hydroxylation is 1. The minimum Gasteiger partial charge on any atom is -0.496 e. The minimum atomic E-state index is -0.632. The number of anilines is 1. The van der Waals surface area contributed by atoms with Gasteiger partial charge in [0.05, 0.1) is 29.0 Å². The molecule has 7 nitrogen and oxygen atoms in total. The molecule has 1 aromatic heterocycles. The van der Waals surface area contributed by atoms with Crippen LogP contribution in [0.2, 0.25) is 0 Å². The molecule has 1 unspecified atom stereocenters. The van der Waals surface area contributed by atoms with E-state index in [2.05, 4.69) is 5.32 Å². The van der Waals surface area contributed by atoms with E-state index in [-0.39, 0.29) is 11.5 Å². The van der Waals surface area contributed by atoms with Crippen LogP contribution in [-0.4, -0.2) is 17.6 Å². The molecule has 4 aromatic carbocycles. The van der Waals surface area contributed by atoms with Crippen molar-refractivity contribution in [1.29, 1.82) is 0 Å². The smallest absolute Gasteiger partial charge is 0.271 e. The molecule has 0 fully saturated rings. The summed E-state index contributed by atoms with van der Waals surface area (Å²) in [5, 5.41) is 2.98. The molecule has 8 heteroatoms. The first-order valence-corrected chi connectivity index (χ1v) is 15.0. The number of aromatic nitrogens is 1. The van der Waals surface area contributed by atoms with Crippen LogP contribution in [0.3, 0.4) is 0 Å². The molecule has 0 radical (unpaired) electrons. The highest BCUT2D eigenvalue weighted by Gasteiger charge is 2.32. The van der Waals surface area contributed by atoms with Gasteiger partial charge in [0.2, 0.25) is 0 Å². The molecule has 5 aromatic rings. The van der Waals surface area contributed by atoms with Gasteiger partial charge in [-0.05, 0) is 66.9 Å². The summed E-state index contributed by atoms with van der Waals surface area (Å²) in [5.41, 5.74) is 5.01. The molecule has 220 valence electrons. The number of hydrogen-bond donors (Lipinski definition) is 1. The van der Waals surface area contributed by atoms with Crippen molar-refractivity contribution in [3.8, 4) is 11.5 Å². The van der Waals surface area contributed by atoms with E-state index in [0.29, 0.717) is 38.6 Å². The van der Waals surface area contributed by atoms with E-state index in [9.17, 15) is 9.59 Å². The molecule has 6 rings (SSSR count). The number of nitrogens with zero attached hydrogens (tertiary/aromatic N) is 2. The summed E-state index contributed by atoms with van der Waals surface area (Å²) >= 11 is 1.30. The molecule has 1 N–H and O–H groups in total. The lowest BCUT2D eigenvalue weighted by Crippen LogP contribution is -2.40. The zero-order chi connectivity index (χ0) is 30.6. The number of amides is 1. The van der Waals surface area contributed by atoms with Crippen molar-refractivity contribution in [2.24, 2.45) is 4.99 Å². The predicted octanol–water partition coefficient (Wildman–Crippen LogP) is 5.77. The van der Waals surface area contributed by atoms with Crippen molar-refractivity contribution in [1.82, 2.24) is 4.57 Å². The fourth-order valence-corrected chi connectivity index (χ4v) is 6.36. The highest BCUT2D eigenvalue weighted by Crippen LogP contribution is 2.31. The number of benzene rings is 4. The maximum Gasteiger partial charge on any atom is 0.271 e. The Bertz CT molecular complexity index is 2050. The van der Waals surface area contributed by atoms with Crippen molar-refractivity contribution >= 4 is 29.0 Å². The third kappa shape index (κ3) is 5.85. The lowest BCUT2D eigenvalue weighted by Gasteiger charge is -2.25. The molecule has 44 heavy (non-hydrogen) atoms. The van der Waals surface area contributed by atoms with Gasteiger partial charge in [-0.3, -0.25) is 14.2 Å². The second kappa shape index (κ2) is 12.6. The highest BCUT2D eigenvalue weighted by atomic mass is 32.1. The first-order chi connectivity index (χ1) is 21.4. The number of carbonyl (C=O) groups excluding carboxylic acids is 1. The Balaban J connectivity index is 1.40. The molecular weight excluding hydrogens is 570 g/mol. The van der Waals surface area contributed by atoms with Crippen LogP contribution in [0, 0.1) is 6.92 Å². The molecule has 0 aliphatic carbocycles. The van der Waals surface area contributed by atoms with Crippen LogP contribution in [0.4, 0.5) is 5.69 Å². The Morgan fingerprint density at radius 3 is 2.36 bits per heavy atom. The van der Waals surface area contributed by atoms with Crippen LogP contribution in [0.15, 0.2) is 124 Å². The van der Waals surface area contributed by atoms with E-state index in [1.165, 1.54) is 11.3 Å². The maximum absolute atomic E-state index is 14.1. The Hall–Kier alpha value is -5.21. The number of ether oxygens (including phenoxy) is 2. The molecule has 2 heterocycles. The summed E-state index contributed by atoms with van der Waals surface area (Å²) in [6.45, 7) is 4.13. The van der Waals surface area contributed by atoms with E-state index < -0.39 is 6.04 Å². The average molecular weight is 602 g/mol. The lowest BCUT2D eigenvalue weighted by molar-refractivity contribution is -0.113. The number of para-hydroxylation sites is 2. The van der Waals surface area contributed by atoms with Crippen molar-refractivity contribution in [2.45, 2.75) is 26.5 Å². The van der Waals surface area contributed by atoms with Gasteiger partial charge in [-0.25, -0.2) is 4.99 Å². The third-order valence-corrected chi connectivity index (χ3v) is 8.48. The fourth-order valence-electron chi connectivity index (χ4n) is 5.31. The van der Waals surface area contributed by atoms with Gasteiger partial charge in [-0.1, -0.05) is 84.1 Å². The highest BCUT2D eigenvalue weighted by molar-refractivity contribution is 7.07. The van der Waals surface area contributed by atoms with E-state index in [1.807, 2.05) is 123 Å². The van der Waals surface area contributed by atoms with E-state index in [0.717, 1.165) is 28.0 Å². The Labute approximate surface area is 259 Å². The van der Waals surface area contributed by atoms with Crippen LogP contribution in [-0.2, 0) is 11.4 Å². The SMILES string of the molecule is COc1ccc(/C=c2/sc3n(c2=O)C(c2ccccc2)C(C(=O)Nc2ccccc2)=C(C)N=3)cc1COc1ccccc1C. The molecule has 0 saturated heterocycles. The monoisotopic (exact) mass is 601 g/mol. The molecule has 0 spiro atoms. The predicted molar refractivity (Wildman–Crippen MR) is 174 cm³/mol. The molecule has 1 atom stereocenters. The first-order valence-electron chi connectivity index (χ1n) is 14.2. The second-order valence-corrected chi connectivity index (χ2v) is 11.4. The van der Waals surface area contributed by atoms with Crippen LogP contribution < -0.4 is 29.7 Å². The first kappa shape index (κ1) is 28.9. The van der Waals surface area contributed by atoms with Gasteiger partial charge in [0.15, 0.2) is 4.80 Å². The zero-order valence-corrected chi connectivity index (χ0v) is 25.4. The number of nitrogens with one attached hydrogen (secondary N) is 1. The van der Waals surface area contributed by atoms with Gasteiger partial charge in [0, 0.05) is 11.3 Å². The fraction of sp³-hybridized carbons (Fsp3) is 0.139. The summed E-state index contributed by atoms with van der Waals surface area (Å²) in [6.07, 6.45) is 1.85. The van der Waals surface area contributed by atoms with Crippen molar-refractivity contribution in [3.05, 3.63) is 156 Å². The molecule has 1 aliphatic rings. The number of allylic oxidation sites excluding steroid dienone is 1. The van der Waals surface area contributed by atoms with Crippen molar-refractivity contribution in [2.75, 3.05) is 12.4 Å². The normalized spacial score (nSPS) is 14.5. The topological polar surface area (TPSA) is 81.9 Å². The third-order valence-electron chi connectivity index (χ3n) is 7.49. The van der Waals surface area contributed by atoms with Crippen molar-refractivity contribution < 1.29 is 14.3 Å². The Morgan fingerprint density at radius 2 is 1.64 bits per heavy atom. The van der Waals surface area contributed by atoms with Crippen LogP contribution in [0.1, 0.15) is 35.2 Å². The van der Waals surface area contributed by atoms with E-state index >= 15 is 0 Å². The van der Waals surface area contributed by atoms with Gasteiger partial charge >= 0.3 is 0 Å². The lowest BCUT2D eigenvalue weighted by atomic mass is 9.95. The number of rotatable bonds is 8. The summed E-state index contributed by atoms with van der Waals surface area (Å²) in [5.74, 6) is 1.21. The molecule has 0 saturated carbocycles. The molecule has 1 aliphatic heterocycles. The summed E-state index contributed by atoms with van der Waals surface area (Å²) in [6, 6.07) is 31.8. The van der Waals surface area contributed by atoms with Crippen molar-refractivity contribution in [3.63, 3.8) is 0 Å². The minimum absolute atomic E-state index is 0.214. The largest absolute Gasteiger partial charge is 0.496 e. The van der Waals surface area contributed by atoms with E-state index in [1.54, 1.807) is 11.7 Å². The quantitative estimate of drug-likeness (QED) is 0.245. The Kier molecular flexibility index (Phi) is 8.25. The maximum atomic E-state index is 14.1. The summed E-state index contributed by atoms with van der Waals surface area (Å²) in [4.78, 5) is 33.0. The molecular formula is C36H31N3O4S. The summed E-state index contributed by atoms with van der Waals surface area (Å²) < 4.78 is 13.8. The van der Waals surface area contributed by atoms with Gasteiger partial charge in [0.25, 0.3) is 11.5 Å². The van der Waals surface area contributed by atoms with Gasteiger partial charge in [-0.15, -0.1) is 0 Å². The number of hydrogen-bond acceptors (Lipinski definition) is 6. The van der Waals surface area contributed by atoms with Crippen LogP contribution in [0.5, 0.6) is 11.5 Å². The zero-order valence-electron chi connectivity index (χ0n) is 24.6. The molecule has 1 amide bonds. The van der Waals surface area contributed by atoms with Crippen LogP contribution in [0.25, 0.3) is 6.08 Å². The van der Waals surface area contributed by atoms with E-state index in [4.69, 9.17) is 14.5 Å². The number of fused-ring (bicyclic) bond motifs is 1. The van der Waals surface area contributed by atoms with Gasteiger partial charge < -0.3 is 14.8 Å². The second-order valence-electron chi connectivity index (χ2n) is 10.4. The van der Waals surface area contributed by atoms with Crippen LogP contribution >= 0.6 is 11.3 Å². The summed E-state index contributed by atoms with van der Waals surface area (Å²) in [7, 11) is 1.63. The number of methoxy groups -OCH3 is 1. The standard InChI is InChI=1S/C36H31N3O4S/c1-23-12-10-11-17-29(23)43-22-27-20-25(18-19-30(27)42-3)21-31-35(41)39-33(26-13-6-4-7-14-26)32(24(2)37-36(39)44-31)34(40)38-28-15-8-5-9-16-28/h4-21,33H,22H2,1-3H3,(H,38,40)/b31-21+. The van der Waals surface area contributed by atoms with Gasteiger partial charge in [0.1, 0.15) is 18.1 Å².